The highest BCUT2D eigenvalue weighted by Gasteiger charge is 2.08. The van der Waals surface area contributed by atoms with Crippen LogP contribution in [0.3, 0.4) is 0 Å². The number of rotatable bonds is 13. The maximum Gasteiger partial charge on any atom is 0.220 e. The molecule has 136 valence electrons. The van der Waals surface area contributed by atoms with E-state index in [4.69, 9.17) is 9.47 Å². The van der Waals surface area contributed by atoms with Gasteiger partial charge in [0.05, 0.1) is 13.2 Å². The normalized spacial score (nSPS) is 10.5. The zero-order valence-electron chi connectivity index (χ0n) is 15.5. The Hall–Kier alpha value is -1.71. The summed E-state index contributed by atoms with van der Waals surface area (Å²) in [6.45, 7) is 8.35. The summed E-state index contributed by atoms with van der Waals surface area (Å²) in [5.74, 6) is 1.68. The number of carbonyl (C=O) groups is 1. The molecule has 0 aliphatic heterocycles. The molecule has 0 spiro atoms. The molecular formula is C20H33NO3. The lowest BCUT2D eigenvalue weighted by atomic mass is 10.1. The lowest BCUT2D eigenvalue weighted by molar-refractivity contribution is -0.121. The molecule has 1 rings (SSSR count). The number of benzene rings is 1. The lowest BCUT2D eigenvalue weighted by Crippen LogP contribution is -2.24. The fourth-order valence-electron chi connectivity index (χ4n) is 2.37. The van der Waals surface area contributed by atoms with Crippen molar-refractivity contribution in [2.24, 2.45) is 0 Å². The summed E-state index contributed by atoms with van der Waals surface area (Å²) in [5.41, 5.74) is 1.10. The van der Waals surface area contributed by atoms with Crippen molar-refractivity contribution in [2.75, 3.05) is 19.8 Å². The van der Waals surface area contributed by atoms with E-state index in [1.54, 1.807) is 0 Å². The molecule has 0 unspecified atom stereocenters. The molecule has 0 saturated heterocycles. The molecule has 1 aromatic rings. The van der Waals surface area contributed by atoms with E-state index < -0.39 is 0 Å². The zero-order chi connectivity index (χ0) is 17.6. The molecule has 0 bridgehead atoms. The molecule has 4 nitrogen and oxygen atoms in total. The van der Waals surface area contributed by atoms with Crippen LogP contribution in [0, 0.1) is 0 Å². The third kappa shape index (κ3) is 8.23. The van der Waals surface area contributed by atoms with E-state index in [1.165, 1.54) is 6.42 Å². The maximum absolute atomic E-state index is 11.9. The van der Waals surface area contributed by atoms with Crippen LogP contribution >= 0.6 is 0 Å². The van der Waals surface area contributed by atoms with Crippen LogP contribution in [0.4, 0.5) is 0 Å². The standard InChI is InChI=1S/C20H33NO3/c1-4-7-9-14-21-20(22)13-11-17-10-12-18(24-15-8-5-2)19(16-17)23-6-3/h10,12,16H,4-9,11,13-15H2,1-3H3,(H,21,22). The largest absolute Gasteiger partial charge is 0.490 e. The van der Waals surface area contributed by atoms with Crippen LogP contribution in [0.25, 0.3) is 0 Å². The molecule has 1 N–H and O–H groups in total. The Morgan fingerprint density at radius 1 is 1.00 bits per heavy atom. The third-order valence-electron chi connectivity index (χ3n) is 3.81. The monoisotopic (exact) mass is 335 g/mol. The Labute approximate surface area is 146 Å². The molecule has 0 heterocycles. The van der Waals surface area contributed by atoms with E-state index in [0.717, 1.165) is 55.7 Å². The lowest BCUT2D eigenvalue weighted by Gasteiger charge is -2.13. The highest BCUT2D eigenvalue weighted by molar-refractivity contribution is 5.76. The van der Waals surface area contributed by atoms with Crippen LogP contribution in [-0.2, 0) is 11.2 Å². The van der Waals surface area contributed by atoms with Gasteiger partial charge in [0.15, 0.2) is 11.5 Å². The Kier molecular flexibility index (Phi) is 10.7. The molecule has 0 fully saturated rings. The Morgan fingerprint density at radius 2 is 1.79 bits per heavy atom. The average Bonchev–Trinajstić information content (AvgIpc) is 2.59. The minimum atomic E-state index is 0.118. The number of hydrogen-bond donors (Lipinski definition) is 1. The minimum Gasteiger partial charge on any atom is -0.490 e. The highest BCUT2D eigenvalue weighted by Crippen LogP contribution is 2.29. The van der Waals surface area contributed by atoms with Crippen LogP contribution < -0.4 is 14.8 Å². The van der Waals surface area contributed by atoms with Crippen LogP contribution in [0.2, 0.25) is 0 Å². The molecular weight excluding hydrogens is 302 g/mol. The molecule has 0 atom stereocenters. The van der Waals surface area contributed by atoms with Gasteiger partial charge in [0.1, 0.15) is 0 Å². The fraction of sp³-hybridized carbons (Fsp3) is 0.650. The topological polar surface area (TPSA) is 47.6 Å². The molecule has 0 aliphatic carbocycles. The van der Waals surface area contributed by atoms with E-state index in [1.807, 2.05) is 25.1 Å². The van der Waals surface area contributed by atoms with Crippen LogP contribution in [0.1, 0.15) is 64.9 Å². The van der Waals surface area contributed by atoms with Gasteiger partial charge in [-0.25, -0.2) is 0 Å². The summed E-state index contributed by atoms with van der Waals surface area (Å²) >= 11 is 0. The first kappa shape index (κ1) is 20.3. The maximum atomic E-state index is 11.9. The molecule has 4 heteroatoms. The van der Waals surface area contributed by atoms with Gasteiger partial charge in [-0.15, -0.1) is 0 Å². The summed E-state index contributed by atoms with van der Waals surface area (Å²) in [7, 11) is 0. The molecule has 0 radical (unpaired) electrons. The number of amides is 1. The summed E-state index contributed by atoms with van der Waals surface area (Å²) in [5, 5.41) is 2.98. The van der Waals surface area contributed by atoms with E-state index in [2.05, 4.69) is 19.2 Å². The Bertz CT molecular complexity index is 474. The second kappa shape index (κ2) is 12.7. The van der Waals surface area contributed by atoms with Crippen LogP contribution in [0.15, 0.2) is 18.2 Å². The van der Waals surface area contributed by atoms with Gasteiger partial charge in [0, 0.05) is 13.0 Å². The van der Waals surface area contributed by atoms with E-state index >= 15 is 0 Å². The molecule has 1 amide bonds. The third-order valence-corrected chi connectivity index (χ3v) is 3.81. The van der Waals surface area contributed by atoms with E-state index in [0.29, 0.717) is 19.6 Å². The highest BCUT2D eigenvalue weighted by atomic mass is 16.5. The minimum absolute atomic E-state index is 0.118. The van der Waals surface area contributed by atoms with E-state index in [-0.39, 0.29) is 5.91 Å². The van der Waals surface area contributed by atoms with Crippen molar-refractivity contribution in [1.29, 1.82) is 0 Å². The summed E-state index contributed by atoms with van der Waals surface area (Å²) in [4.78, 5) is 11.9. The Morgan fingerprint density at radius 3 is 2.50 bits per heavy atom. The van der Waals surface area contributed by atoms with Crippen molar-refractivity contribution in [1.82, 2.24) is 5.32 Å². The smallest absolute Gasteiger partial charge is 0.220 e. The number of nitrogens with one attached hydrogen (secondary N) is 1. The predicted octanol–water partition coefficient (Wildman–Crippen LogP) is 4.50. The van der Waals surface area contributed by atoms with Gasteiger partial charge in [-0.2, -0.15) is 0 Å². The molecule has 0 aliphatic rings. The first-order valence-electron chi connectivity index (χ1n) is 9.36. The van der Waals surface area contributed by atoms with Gasteiger partial charge in [0.2, 0.25) is 5.91 Å². The van der Waals surface area contributed by atoms with E-state index in [9.17, 15) is 4.79 Å². The molecule has 0 aromatic heterocycles. The second-order valence-corrected chi connectivity index (χ2v) is 5.97. The van der Waals surface area contributed by atoms with Crippen molar-refractivity contribution in [2.45, 2.75) is 65.7 Å². The van der Waals surface area contributed by atoms with Gasteiger partial charge in [-0.1, -0.05) is 39.2 Å². The van der Waals surface area contributed by atoms with Gasteiger partial charge < -0.3 is 14.8 Å². The number of ether oxygens (including phenoxy) is 2. The van der Waals surface area contributed by atoms with Crippen molar-refractivity contribution < 1.29 is 14.3 Å². The average molecular weight is 335 g/mol. The number of hydrogen-bond acceptors (Lipinski definition) is 3. The van der Waals surface area contributed by atoms with Gasteiger partial charge >= 0.3 is 0 Å². The van der Waals surface area contributed by atoms with Crippen molar-refractivity contribution in [3.05, 3.63) is 23.8 Å². The van der Waals surface area contributed by atoms with Crippen molar-refractivity contribution >= 4 is 5.91 Å². The zero-order valence-corrected chi connectivity index (χ0v) is 15.5. The molecule has 24 heavy (non-hydrogen) atoms. The Balaban J connectivity index is 2.49. The predicted molar refractivity (Wildman–Crippen MR) is 98.9 cm³/mol. The number of carbonyl (C=O) groups excluding carboxylic acids is 1. The summed E-state index contributed by atoms with van der Waals surface area (Å²) in [6.07, 6.45) is 6.75. The summed E-state index contributed by atoms with van der Waals surface area (Å²) in [6, 6.07) is 5.97. The van der Waals surface area contributed by atoms with Gasteiger partial charge in [-0.3, -0.25) is 4.79 Å². The van der Waals surface area contributed by atoms with Crippen molar-refractivity contribution in [3.8, 4) is 11.5 Å². The first-order valence-corrected chi connectivity index (χ1v) is 9.36. The summed E-state index contributed by atoms with van der Waals surface area (Å²) < 4.78 is 11.5. The quantitative estimate of drug-likeness (QED) is 0.540. The number of unbranched alkanes of at least 4 members (excludes halogenated alkanes) is 3. The van der Waals surface area contributed by atoms with Crippen LogP contribution in [0.5, 0.6) is 11.5 Å². The fourth-order valence-corrected chi connectivity index (χ4v) is 2.37. The van der Waals surface area contributed by atoms with Gasteiger partial charge in [0.25, 0.3) is 0 Å². The first-order chi connectivity index (χ1) is 11.7. The molecule has 1 aromatic carbocycles. The van der Waals surface area contributed by atoms with Gasteiger partial charge in [-0.05, 0) is 43.9 Å². The molecule has 0 saturated carbocycles. The van der Waals surface area contributed by atoms with Crippen molar-refractivity contribution in [3.63, 3.8) is 0 Å². The van der Waals surface area contributed by atoms with Crippen LogP contribution in [-0.4, -0.2) is 25.7 Å². The second-order valence-electron chi connectivity index (χ2n) is 5.97. The number of aryl methyl sites for hydroxylation is 1. The SMILES string of the molecule is CCCCCNC(=O)CCc1ccc(OCCCC)c(OCC)c1.